The van der Waals surface area contributed by atoms with E-state index in [2.05, 4.69) is 23.7 Å². The lowest BCUT2D eigenvalue weighted by Gasteiger charge is -2.22. The van der Waals surface area contributed by atoms with E-state index >= 15 is 0 Å². The number of aliphatic hydroxyl groups excluding tert-OH is 1. The smallest absolute Gasteiger partial charge is 0.123 e. The van der Waals surface area contributed by atoms with Gasteiger partial charge in [-0.2, -0.15) is 0 Å². The Kier molecular flexibility index (Phi) is 7.22. The zero-order valence-corrected chi connectivity index (χ0v) is 12.5. The number of hydrogen-bond acceptors (Lipinski definition) is 4. The van der Waals surface area contributed by atoms with Crippen molar-refractivity contribution in [3.63, 3.8) is 0 Å². The van der Waals surface area contributed by atoms with Gasteiger partial charge in [0.15, 0.2) is 0 Å². The monoisotopic (exact) mass is 279 g/mol. The van der Waals surface area contributed by atoms with Gasteiger partial charge in [-0.25, -0.2) is 4.99 Å². The molecule has 20 heavy (non-hydrogen) atoms. The summed E-state index contributed by atoms with van der Waals surface area (Å²) in [6.07, 6.45) is 0.128. The lowest BCUT2D eigenvalue weighted by atomic mass is 10.1. The summed E-state index contributed by atoms with van der Waals surface area (Å²) in [4.78, 5) is 6.47. The van der Waals surface area contributed by atoms with E-state index in [1.807, 2.05) is 29.7 Å². The van der Waals surface area contributed by atoms with Crippen molar-refractivity contribution in [3.05, 3.63) is 29.8 Å². The molecule has 1 atom stereocenters. The van der Waals surface area contributed by atoms with Gasteiger partial charge in [0.05, 0.1) is 11.8 Å². The number of hydroxylamine groups is 1. The van der Waals surface area contributed by atoms with Crippen LogP contribution in [0.4, 0.5) is 5.69 Å². The number of aliphatic imine (C=N–C) groups is 1. The SMILES string of the molecule is CCN(CC)CC(O)Cc1ccccc1N=C(C)NO. The molecule has 0 radical (unpaired) electrons. The van der Waals surface area contributed by atoms with Crippen molar-refractivity contribution in [2.75, 3.05) is 19.6 Å². The number of benzene rings is 1. The summed E-state index contributed by atoms with van der Waals surface area (Å²) >= 11 is 0. The summed E-state index contributed by atoms with van der Waals surface area (Å²) in [5, 5.41) is 19.0. The molecule has 5 nitrogen and oxygen atoms in total. The topological polar surface area (TPSA) is 68.1 Å². The molecule has 0 fully saturated rings. The summed E-state index contributed by atoms with van der Waals surface area (Å²) in [6.45, 7) is 8.38. The molecule has 0 heterocycles. The third-order valence-corrected chi connectivity index (χ3v) is 3.26. The first kappa shape index (κ1) is 16.6. The van der Waals surface area contributed by atoms with E-state index in [0.29, 0.717) is 18.8 Å². The molecule has 0 aliphatic rings. The number of hydrogen-bond donors (Lipinski definition) is 3. The fraction of sp³-hybridized carbons (Fsp3) is 0.533. The van der Waals surface area contributed by atoms with Crippen LogP contribution in [0.15, 0.2) is 29.3 Å². The van der Waals surface area contributed by atoms with Crippen molar-refractivity contribution in [2.24, 2.45) is 4.99 Å². The van der Waals surface area contributed by atoms with Crippen LogP contribution in [0.3, 0.4) is 0 Å². The zero-order chi connectivity index (χ0) is 15.0. The molecule has 1 unspecified atom stereocenters. The van der Waals surface area contributed by atoms with Crippen molar-refractivity contribution in [2.45, 2.75) is 33.3 Å². The van der Waals surface area contributed by atoms with E-state index in [4.69, 9.17) is 5.21 Å². The number of nitrogens with one attached hydrogen (secondary N) is 1. The van der Waals surface area contributed by atoms with Gasteiger partial charge in [0, 0.05) is 13.0 Å². The van der Waals surface area contributed by atoms with E-state index in [0.717, 1.165) is 24.3 Å². The van der Waals surface area contributed by atoms with Crippen molar-refractivity contribution in [1.29, 1.82) is 0 Å². The van der Waals surface area contributed by atoms with Crippen molar-refractivity contribution in [3.8, 4) is 0 Å². The molecule has 5 heteroatoms. The predicted octanol–water partition coefficient (Wildman–Crippen LogP) is 1.96. The lowest BCUT2D eigenvalue weighted by molar-refractivity contribution is 0.118. The highest BCUT2D eigenvalue weighted by atomic mass is 16.5. The third-order valence-electron chi connectivity index (χ3n) is 3.26. The van der Waals surface area contributed by atoms with Crippen LogP contribution in [0, 0.1) is 0 Å². The molecule has 0 aromatic heterocycles. The molecule has 3 N–H and O–H groups in total. The molecule has 112 valence electrons. The third kappa shape index (κ3) is 5.28. The van der Waals surface area contributed by atoms with Crippen LogP contribution in [0.25, 0.3) is 0 Å². The molecule has 0 spiro atoms. The fourth-order valence-electron chi connectivity index (χ4n) is 2.10. The molecule has 0 aliphatic heterocycles. The number of nitrogens with zero attached hydrogens (tertiary/aromatic N) is 2. The standard InChI is InChI=1S/C15H25N3O2/c1-4-18(5-2)11-14(19)10-13-8-6-7-9-15(13)16-12(3)17-20/h6-9,14,19-20H,4-5,10-11H2,1-3H3,(H,16,17). The normalized spacial score (nSPS) is 13.6. The van der Waals surface area contributed by atoms with E-state index in [-0.39, 0.29) is 0 Å². The van der Waals surface area contributed by atoms with Gasteiger partial charge in [-0.15, -0.1) is 0 Å². The summed E-state index contributed by atoms with van der Waals surface area (Å²) in [7, 11) is 0. The van der Waals surface area contributed by atoms with Crippen LogP contribution in [-0.4, -0.2) is 46.8 Å². The Morgan fingerprint density at radius 3 is 2.55 bits per heavy atom. The maximum Gasteiger partial charge on any atom is 0.123 e. The Labute approximate surface area is 120 Å². The highest BCUT2D eigenvalue weighted by Crippen LogP contribution is 2.20. The van der Waals surface area contributed by atoms with Gasteiger partial charge >= 0.3 is 0 Å². The predicted molar refractivity (Wildman–Crippen MR) is 81.6 cm³/mol. The van der Waals surface area contributed by atoms with Gasteiger partial charge in [-0.3, -0.25) is 10.7 Å². The van der Waals surface area contributed by atoms with Crippen LogP contribution in [0.5, 0.6) is 0 Å². The van der Waals surface area contributed by atoms with Crippen LogP contribution in [0.1, 0.15) is 26.3 Å². The summed E-state index contributed by atoms with van der Waals surface area (Å²) in [5.74, 6) is 0.427. The Morgan fingerprint density at radius 2 is 1.95 bits per heavy atom. The molecule has 0 saturated carbocycles. The number of likely N-dealkylation sites (N-methyl/N-ethyl adjacent to an activating group) is 1. The van der Waals surface area contributed by atoms with Gasteiger partial charge in [0.25, 0.3) is 0 Å². The van der Waals surface area contributed by atoms with Gasteiger partial charge in [0.2, 0.25) is 0 Å². The maximum atomic E-state index is 10.2. The summed E-state index contributed by atoms with van der Waals surface area (Å²) in [5.41, 5.74) is 3.77. The fourth-order valence-corrected chi connectivity index (χ4v) is 2.10. The van der Waals surface area contributed by atoms with Crippen LogP contribution >= 0.6 is 0 Å². The molecule has 0 bridgehead atoms. The quantitative estimate of drug-likeness (QED) is 0.405. The van der Waals surface area contributed by atoms with Crippen molar-refractivity contribution < 1.29 is 10.3 Å². The second kappa shape index (κ2) is 8.68. The summed E-state index contributed by atoms with van der Waals surface area (Å²) < 4.78 is 0. The van der Waals surface area contributed by atoms with E-state index in [1.165, 1.54) is 0 Å². The van der Waals surface area contributed by atoms with E-state index in [1.54, 1.807) is 6.92 Å². The molecular formula is C15H25N3O2. The number of aliphatic hydroxyl groups is 1. The maximum absolute atomic E-state index is 10.2. The second-order valence-corrected chi connectivity index (χ2v) is 4.78. The summed E-state index contributed by atoms with van der Waals surface area (Å²) in [6, 6.07) is 7.65. The minimum absolute atomic E-state index is 0.423. The number of amidine groups is 1. The van der Waals surface area contributed by atoms with Gasteiger partial charge in [-0.1, -0.05) is 32.0 Å². The van der Waals surface area contributed by atoms with Crippen LogP contribution in [0.2, 0.25) is 0 Å². The van der Waals surface area contributed by atoms with Gasteiger partial charge < -0.3 is 10.0 Å². The molecule has 1 aromatic rings. The average molecular weight is 279 g/mol. The van der Waals surface area contributed by atoms with Crippen molar-refractivity contribution >= 4 is 11.5 Å². The minimum Gasteiger partial charge on any atom is -0.391 e. The molecule has 1 rings (SSSR count). The van der Waals surface area contributed by atoms with Gasteiger partial charge in [0.1, 0.15) is 5.84 Å². The first-order valence-electron chi connectivity index (χ1n) is 7.04. The largest absolute Gasteiger partial charge is 0.391 e. The van der Waals surface area contributed by atoms with Crippen molar-refractivity contribution in [1.82, 2.24) is 10.4 Å². The molecule has 0 amide bonds. The Morgan fingerprint density at radius 1 is 1.30 bits per heavy atom. The van der Waals surface area contributed by atoms with Crippen LogP contribution in [-0.2, 0) is 6.42 Å². The van der Waals surface area contributed by atoms with Gasteiger partial charge in [-0.05, 0) is 31.6 Å². The Bertz CT molecular complexity index is 431. The second-order valence-electron chi connectivity index (χ2n) is 4.78. The number of para-hydroxylation sites is 1. The molecular weight excluding hydrogens is 254 g/mol. The minimum atomic E-state index is -0.423. The molecule has 0 aliphatic carbocycles. The van der Waals surface area contributed by atoms with E-state index in [9.17, 15) is 5.11 Å². The molecule has 1 aromatic carbocycles. The Balaban J connectivity index is 2.77. The molecule has 0 saturated heterocycles. The van der Waals surface area contributed by atoms with Crippen LogP contribution < -0.4 is 5.48 Å². The highest BCUT2D eigenvalue weighted by Gasteiger charge is 2.12. The van der Waals surface area contributed by atoms with E-state index < -0.39 is 6.10 Å². The highest BCUT2D eigenvalue weighted by molar-refractivity contribution is 5.81. The first-order valence-corrected chi connectivity index (χ1v) is 7.04. The zero-order valence-electron chi connectivity index (χ0n) is 12.5. The lowest BCUT2D eigenvalue weighted by Crippen LogP contribution is -2.33. The average Bonchev–Trinajstić information content (AvgIpc) is 2.46. The Hall–Kier alpha value is -1.43. The first-order chi connectivity index (χ1) is 9.60. The number of rotatable bonds is 7.